The molecule has 0 aromatic heterocycles. The lowest BCUT2D eigenvalue weighted by atomic mass is 10.2. The smallest absolute Gasteiger partial charge is 0.344 e. The van der Waals surface area contributed by atoms with E-state index in [0.29, 0.717) is 5.69 Å². The van der Waals surface area contributed by atoms with Crippen molar-refractivity contribution in [3.05, 3.63) is 29.8 Å². The molecule has 0 atom stereocenters. The van der Waals surface area contributed by atoms with Gasteiger partial charge in [-0.1, -0.05) is 6.07 Å². The van der Waals surface area contributed by atoms with Crippen molar-refractivity contribution in [1.82, 2.24) is 0 Å². The van der Waals surface area contributed by atoms with Gasteiger partial charge in [0.05, 0.1) is 11.7 Å². The number of esters is 2. The maximum Gasteiger partial charge on any atom is 0.344 e. The van der Waals surface area contributed by atoms with Gasteiger partial charge in [0, 0.05) is 12.6 Å². The lowest BCUT2D eigenvalue weighted by Crippen LogP contribution is -2.19. The zero-order valence-corrected chi connectivity index (χ0v) is 11.6. The first-order valence-electron chi connectivity index (χ1n) is 6.12. The largest absolute Gasteiger partial charge is 0.460 e. The summed E-state index contributed by atoms with van der Waals surface area (Å²) in [5.41, 5.74) is 0.727. The van der Waals surface area contributed by atoms with Crippen LogP contribution >= 0.6 is 0 Å². The van der Waals surface area contributed by atoms with Crippen LogP contribution in [0.4, 0.5) is 5.69 Å². The summed E-state index contributed by atoms with van der Waals surface area (Å²) in [7, 11) is 0. The molecule has 108 valence electrons. The molecule has 1 rings (SSSR count). The number of rotatable bonds is 5. The minimum absolute atomic E-state index is 0.240. The molecule has 0 radical (unpaired) electrons. The molecular formula is C14H17NO5. The average molecular weight is 279 g/mol. The molecule has 0 unspecified atom stereocenters. The monoisotopic (exact) mass is 279 g/mol. The van der Waals surface area contributed by atoms with Crippen molar-refractivity contribution in [2.75, 3.05) is 11.9 Å². The Morgan fingerprint density at radius 3 is 2.55 bits per heavy atom. The van der Waals surface area contributed by atoms with Crippen LogP contribution in [0.25, 0.3) is 0 Å². The lowest BCUT2D eigenvalue weighted by Gasteiger charge is -2.09. The van der Waals surface area contributed by atoms with Crippen LogP contribution in [0.15, 0.2) is 24.3 Å². The molecule has 0 saturated heterocycles. The number of hydrogen-bond donors (Lipinski definition) is 1. The first kappa shape index (κ1) is 15.7. The highest BCUT2D eigenvalue weighted by atomic mass is 16.6. The second-order valence-electron chi connectivity index (χ2n) is 4.38. The second-order valence-corrected chi connectivity index (χ2v) is 4.38. The third kappa shape index (κ3) is 5.51. The van der Waals surface area contributed by atoms with Crippen molar-refractivity contribution in [3.8, 4) is 0 Å². The number of carbonyl (C=O) groups excluding carboxylic acids is 3. The highest BCUT2D eigenvalue weighted by molar-refractivity contribution is 5.94. The van der Waals surface area contributed by atoms with E-state index in [2.05, 4.69) is 5.32 Å². The highest BCUT2D eigenvalue weighted by Gasteiger charge is 2.12. The molecule has 0 aliphatic heterocycles. The summed E-state index contributed by atoms with van der Waals surface area (Å²) in [4.78, 5) is 33.9. The van der Waals surface area contributed by atoms with Gasteiger partial charge in [-0.05, 0) is 32.0 Å². The Kier molecular flexibility index (Phi) is 5.71. The van der Waals surface area contributed by atoms with Gasteiger partial charge in [0.2, 0.25) is 5.91 Å². The van der Waals surface area contributed by atoms with Crippen LogP contribution in [0.3, 0.4) is 0 Å². The van der Waals surface area contributed by atoms with Crippen molar-refractivity contribution in [2.24, 2.45) is 0 Å². The Hall–Kier alpha value is -2.37. The van der Waals surface area contributed by atoms with E-state index in [4.69, 9.17) is 9.47 Å². The van der Waals surface area contributed by atoms with Crippen LogP contribution in [-0.2, 0) is 19.1 Å². The van der Waals surface area contributed by atoms with E-state index >= 15 is 0 Å². The number of ether oxygens (including phenoxy) is 2. The molecule has 0 saturated carbocycles. The van der Waals surface area contributed by atoms with E-state index in [9.17, 15) is 14.4 Å². The van der Waals surface area contributed by atoms with Gasteiger partial charge in [0.1, 0.15) is 0 Å². The Bertz CT molecular complexity index is 510. The number of carbonyl (C=O) groups is 3. The number of amides is 1. The van der Waals surface area contributed by atoms with Crippen LogP contribution in [0.5, 0.6) is 0 Å². The van der Waals surface area contributed by atoms with Crippen LogP contribution < -0.4 is 5.32 Å². The van der Waals surface area contributed by atoms with Gasteiger partial charge < -0.3 is 14.8 Å². The van der Waals surface area contributed by atoms with Crippen LogP contribution in [0, 0.1) is 0 Å². The molecule has 0 bridgehead atoms. The fourth-order valence-corrected chi connectivity index (χ4v) is 1.43. The molecule has 0 aliphatic carbocycles. The summed E-state index contributed by atoms with van der Waals surface area (Å²) >= 11 is 0. The van der Waals surface area contributed by atoms with Crippen molar-refractivity contribution in [3.63, 3.8) is 0 Å². The van der Waals surface area contributed by atoms with Crippen molar-refractivity contribution in [1.29, 1.82) is 0 Å². The molecule has 0 aliphatic rings. The van der Waals surface area contributed by atoms with E-state index in [0.717, 1.165) is 0 Å². The predicted molar refractivity (Wildman–Crippen MR) is 72.3 cm³/mol. The van der Waals surface area contributed by atoms with Crippen LogP contribution in [-0.4, -0.2) is 30.6 Å². The standard InChI is InChI=1S/C14H17NO5/c1-9(2)20-13(17)8-19-14(18)11-5-4-6-12(7-11)15-10(3)16/h4-7,9H,8H2,1-3H3,(H,15,16). The van der Waals surface area contributed by atoms with E-state index in [-0.39, 0.29) is 17.6 Å². The molecule has 6 heteroatoms. The molecule has 0 fully saturated rings. The summed E-state index contributed by atoms with van der Waals surface area (Å²) in [6, 6.07) is 6.25. The van der Waals surface area contributed by atoms with E-state index in [1.54, 1.807) is 26.0 Å². The third-order valence-electron chi connectivity index (χ3n) is 2.11. The Morgan fingerprint density at radius 2 is 1.95 bits per heavy atom. The van der Waals surface area contributed by atoms with E-state index in [1.807, 2.05) is 0 Å². The van der Waals surface area contributed by atoms with Gasteiger partial charge in [0.25, 0.3) is 0 Å². The lowest BCUT2D eigenvalue weighted by molar-refractivity contribution is -0.151. The summed E-state index contributed by atoms with van der Waals surface area (Å²) < 4.78 is 9.66. The zero-order chi connectivity index (χ0) is 15.1. The maximum absolute atomic E-state index is 11.7. The number of hydrogen-bond acceptors (Lipinski definition) is 5. The molecule has 0 heterocycles. The topological polar surface area (TPSA) is 81.7 Å². The van der Waals surface area contributed by atoms with Gasteiger partial charge in [-0.15, -0.1) is 0 Å². The number of benzene rings is 1. The molecule has 0 spiro atoms. The van der Waals surface area contributed by atoms with Gasteiger partial charge in [-0.2, -0.15) is 0 Å². The van der Waals surface area contributed by atoms with E-state index in [1.165, 1.54) is 19.1 Å². The SMILES string of the molecule is CC(=O)Nc1cccc(C(=O)OCC(=O)OC(C)C)c1. The molecular weight excluding hydrogens is 262 g/mol. The Balaban J connectivity index is 2.59. The fourth-order valence-electron chi connectivity index (χ4n) is 1.43. The maximum atomic E-state index is 11.7. The van der Waals surface area contributed by atoms with Crippen molar-refractivity contribution >= 4 is 23.5 Å². The summed E-state index contributed by atoms with van der Waals surface area (Å²) in [5.74, 6) is -1.50. The normalized spacial score (nSPS) is 10.0. The van der Waals surface area contributed by atoms with Gasteiger partial charge in [-0.3, -0.25) is 4.79 Å². The fraction of sp³-hybridized carbons (Fsp3) is 0.357. The van der Waals surface area contributed by atoms with E-state index < -0.39 is 18.5 Å². The van der Waals surface area contributed by atoms with Gasteiger partial charge >= 0.3 is 11.9 Å². The van der Waals surface area contributed by atoms with Gasteiger partial charge in [-0.25, -0.2) is 9.59 Å². The molecule has 20 heavy (non-hydrogen) atoms. The van der Waals surface area contributed by atoms with Crippen molar-refractivity contribution < 1.29 is 23.9 Å². The molecule has 1 amide bonds. The molecule has 1 aromatic carbocycles. The summed E-state index contributed by atoms with van der Waals surface area (Å²) in [5, 5.41) is 2.55. The minimum atomic E-state index is -0.655. The quantitative estimate of drug-likeness (QED) is 0.830. The second kappa shape index (κ2) is 7.28. The van der Waals surface area contributed by atoms with Crippen molar-refractivity contribution in [2.45, 2.75) is 26.9 Å². The molecule has 1 N–H and O–H groups in total. The zero-order valence-electron chi connectivity index (χ0n) is 11.6. The predicted octanol–water partition coefficient (Wildman–Crippen LogP) is 1.75. The third-order valence-corrected chi connectivity index (χ3v) is 2.11. The number of anilines is 1. The Labute approximate surface area is 117 Å². The first-order chi connectivity index (χ1) is 9.38. The first-order valence-corrected chi connectivity index (χ1v) is 6.12. The van der Waals surface area contributed by atoms with Gasteiger partial charge in [0.15, 0.2) is 6.61 Å². The Morgan fingerprint density at radius 1 is 1.25 bits per heavy atom. The minimum Gasteiger partial charge on any atom is -0.460 e. The van der Waals surface area contributed by atoms with Crippen LogP contribution in [0.1, 0.15) is 31.1 Å². The highest BCUT2D eigenvalue weighted by Crippen LogP contribution is 2.11. The molecule has 1 aromatic rings. The molecule has 6 nitrogen and oxygen atoms in total. The van der Waals surface area contributed by atoms with Crippen LogP contribution in [0.2, 0.25) is 0 Å². The average Bonchev–Trinajstić information content (AvgIpc) is 2.34. The summed E-state index contributed by atoms with van der Waals surface area (Å²) in [6.07, 6.45) is -0.260. The summed E-state index contributed by atoms with van der Waals surface area (Å²) in [6.45, 7) is 4.33. The number of nitrogens with one attached hydrogen (secondary N) is 1.